The number of ketones is 1. The van der Waals surface area contributed by atoms with Crippen LogP contribution in [0, 0.1) is 0 Å². The molecule has 1 saturated carbocycles. The Labute approximate surface area is 91.1 Å². The molecule has 2 aliphatic rings. The Morgan fingerprint density at radius 2 is 1.75 bits per heavy atom. The fraction of sp³-hybridized carbons (Fsp3) is 0.900. The van der Waals surface area contributed by atoms with Gasteiger partial charge in [0.15, 0.2) is 5.78 Å². The summed E-state index contributed by atoms with van der Waals surface area (Å²) >= 11 is 0. The van der Waals surface area contributed by atoms with Crippen molar-refractivity contribution < 1.29 is 22.7 Å². The van der Waals surface area contributed by atoms with E-state index in [0.29, 0.717) is 12.8 Å². The molecule has 6 heteroatoms. The molecule has 1 aliphatic carbocycles. The molecule has 0 aromatic rings. The first kappa shape index (κ1) is 11.9. The standard InChI is InChI=1S/C10H14F3NO2/c11-10(12,13)9(14)6-7(15)8(16-9)4-2-1-3-5-8/h1-6,14H2. The van der Waals surface area contributed by atoms with Gasteiger partial charge in [0.2, 0.25) is 5.72 Å². The Hall–Kier alpha value is -0.620. The molecule has 92 valence electrons. The van der Waals surface area contributed by atoms with E-state index in [1.165, 1.54) is 0 Å². The van der Waals surface area contributed by atoms with Gasteiger partial charge in [-0.2, -0.15) is 13.2 Å². The lowest BCUT2D eigenvalue weighted by atomic mass is 9.82. The molecule has 1 aliphatic heterocycles. The quantitative estimate of drug-likeness (QED) is 0.700. The summed E-state index contributed by atoms with van der Waals surface area (Å²) in [6, 6.07) is 0. The van der Waals surface area contributed by atoms with Gasteiger partial charge in [-0.1, -0.05) is 19.3 Å². The fourth-order valence-corrected chi connectivity index (χ4v) is 2.50. The highest BCUT2D eigenvalue weighted by atomic mass is 19.4. The first-order chi connectivity index (χ1) is 7.29. The SMILES string of the molecule is NC1(C(F)(F)F)CC(=O)C2(CCCCC2)O1. The molecule has 2 rings (SSSR count). The predicted molar refractivity (Wildman–Crippen MR) is 49.5 cm³/mol. The van der Waals surface area contributed by atoms with Gasteiger partial charge in [-0.05, 0) is 12.8 Å². The number of carbonyl (C=O) groups is 1. The van der Waals surface area contributed by atoms with Gasteiger partial charge < -0.3 is 4.74 Å². The summed E-state index contributed by atoms with van der Waals surface area (Å²) in [5, 5.41) is 0. The molecule has 2 N–H and O–H groups in total. The van der Waals surface area contributed by atoms with Gasteiger partial charge in [0.05, 0.1) is 6.42 Å². The summed E-state index contributed by atoms with van der Waals surface area (Å²) in [5.41, 5.74) is 1.13. The fourth-order valence-electron chi connectivity index (χ4n) is 2.50. The van der Waals surface area contributed by atoms with Crippen molar-refractivity contribution in [2.45, 2.75) is 56.0 Å². The molecule has 2 fully saturated rings. The largest absolute Gasteiger partial charge is 0.431 e. The molecule has 0 radical (unpaired) electrons. The summed E-state index contributed by atoms with van der Waals surface area (Å²) in [6.07, 6.45) is -2.34. The first-order valence-corrected chi connectivity index (χ1v) is 5.38. The maximum Gasteiger partial charge on any atom is 0.431 e. The van der Waals surface area contributed by atoms with Crippen molar-refractivity contribution in [3.63, 3.8) is 0 Å². The summed E-state index contributed by atoms with van der Waals surface area (Å²) in [6.45, 7) is 0. The summed E-state index contributed by atoms with van der Waals surface area (Å²) in [7, 11) is 0. The van der Waals surface area contributed by atoms with Crippen LogP contribution < -0.4 is 5.73 Å². The van der Waals surface area contributed by atoms with Gasteiger partial charge in [0.1, 0.15) is 5.60 Å². The van der Waals surface area contributed by atoms with Crippen molar-refractivity contribution >= 4 is 5.78 Å². The number of Topliss-reactive ketones (excluding diaryl/α,β-unsaturated/α-hetero) is 1. The van der Waals surface area contributed by atoms with Crippen LogP contribution in [0.2, 0.25) is 0 Å². The highest BCUT2D eigenvalue weighted by molar-refractivity contribution is 5.90. The van der Waals surface area contributed by atoms with Gasteiger partial charge >= 0.3 is 6.18 Å². The molecule has 0 bridgehead atoms. The molecular formula is C10H14F3NO2. The number of rotatable bonds is 0. The smallest absolute Gasteiger partial charge is 0.337 e. The zero-order chi connectivity index (χ0) is 12.0. The number of nitrogens with two attached hydrogens (primary N) is 1. The second kappa shape index (κ2) is 3.43. The third-order valence-corrected chi connectivity index (χ3v) is 3.45. The van der Waals surface area contributed by atoms with Crippen LogP contribution in [0.15, 0.2) is 0 Å². The molecule has 0 aromatic carbocycles. The van der Waals surface area contributed by atoms with Gasteiger partial charge in [-0.3, -0.25) is 10.5 Å². The minimum atomic E-state index is -4.69. The van der Waals surface area contributed by atoms with E-state index < -0.39 is 29.7 Å². The zero-order valence-electron chi connectivity index (χ0n) is 8.77. The summed E-state index contributed by atoms with van der Waals surface area (Å²) in [5.74, 6) is -0.493. The van der Waals surface area contributed by atoms with E-state index in [0.717, 1.165) is 19.3 Å². The van der Waals surface area contributed by atoms with Crippen molar-refractivity contribution in [3.05, 3.63) is 0 Å². The zero-order valence-corrected chi connectivity index (χ0v) is 8.77. The number of ether oxygens (including phenoxy) is 1. The molecule has 1 spiro atoms. The van der Waals surface area contributed by atoms with Crippen LogP contribution in [0.1, 0.15) is 38.5 Å². The monoisotopic (exact) mass is 237 g/mol. The number of hydrogen-bond donors (Lipinski definition) is 1. The first-order valence-electron chi connectivity index (χ1n) is 5.38. The minimum absolute atomic E-state index is 0.362. The van der Waals surface area contributed by atoms with E-state index in [9.17, 15) is 18.0 Å². The van der Waals surface area contributed by atoms with Crippen LogP contribution in [0.4, 0.5) is 13.2 Å². The lowest BCUT2D eigenvalue weighted by molar-refractivity contribution is -0.285. The van der Waals surface area contributed by atoms with E-state index in [-0.39, 0.29) is 0 Å². The Kier molecular flexibility index (Phi) is 2.54. The van der Waals surface area contributed by atoms with Crippen molar-refractivity contribution in [1.82, 2.24) is 0 Å². The topological polar surface area (TPSA) is 52.3 Å². The highest BCUT2D eigenvalue weighted by Gasteiger charge is 2.65. The molecule has 0 amide bonds. The average Bonchev–Trinajstić information content (AvgIpc) is 2.40. The maximum absolute atomic E-state index is 12.7. The van der Waals surface area contributed by atoms with Crippen LogP contribution in [0.3, 0.4) is 0 Å². The molecule has 16 heavy (non-hydrogen) atoms. The third-order valence-electron chi connectivity index (χ3n) is 3.45. The lowest BCUT2D eigenvalue weighted by Crippen LogP contribution is -2.55. The number of carbonyl (C=O) groups excluding carboxylic acids is 1. The van der Waals surface area contributed by atoms with E-state index in [2.05, 4.69) is 0 Å². The van der Waals surface area contributed by atoms with Crippen LogP contribution in [-0.2, 0) is 9.53 Å². The normalized spacial score (nSPS) is 34.6. The third kappa shape index (κ3) is 1.64. The number of hydrogen-bond acceptors (Lipinski definition) is 3. The van der Waals surface area contributed by atoms with Gasteiger partial charge in [0, 0.05) is 0 Å². The van der Waals surface area contributed by atoms with E-state index in [4.69, 9.17) is 10.5 Å². The van der Waals surface area contributed by atoms with Crippen molar-refractivity contribution in [1.29, 1.82) is 0 Å². The Morgan fingerprint density at radius 3 is 2.19 bits per heavy atom. The average molecular weight is 237 g/mol. The Bertz CT molecular complexity index is 310. The second-order valence-corrected chi connectivity index (χ2v) is 4.64. The Morgan fingerprint density at radius 1 is 1.19 bits per heavy atom. The Balaban J connectivity index is 2.24. The van der Waals surface area contributed by atoms with E-state index >= 15 is 0 Å². The minimum Gasteiger partial charge on any atom is -0.337 e. The maximum atomic E-state index is 12.7. The van der Waals surface area contributed by atoms with Gasteiger partial charge in [-0.25, -0.2) is 0 Å². The summed E-state index contributed by atoms with van der Waals surface area (Å²) < 4.78 is 42.9. The molecule has 1 atom stereocenters. The van der Waals surface area contributed by atoms with Gasteiger partial charge in [-0.15, -0.1) is 0 Å². The predicted octanol–water partition coefficient (Wildman–Crippen LogP) is 1.90. The molecule has 1 unspecified atom stereocenters. The molecule has 1 heterocycles. The van der Waals surface area contributed by atoms with Crippen LogP contribution in [-0.4, -0.2) is 23.3 Å². The lowest BCUT2D eigenvalue weighted by Gasteiger charge is -2.34. The van der Waals surface area contributed by atoms with E-state index in [1.807, 2.05) is 0 Å². The summed E-state index contributed by atoms with van der Waals surface area (Å²) in [4.78, 5) is 11.7. The van der Waals surface area contributed by atoms with Crippen molar-refractivity contribution in [2.24, 2.45) is 5.73 Å². The highest BCUT2D eigenvalue weighted by Crippen LogP contribution is 2.47. The molecule has 3 nitrogen and oxygen atoms in total. The molecular weight excluding hydrogens is 223 g/mol. The van der Waals surface area contributed by atoms with Crippen molar-refractivity contribution in [2.75, 3.05) is 0 Å². The van der Waals surface area contributed by atoms with Gasteiger partial charge in [0.25, 0.3) is 0 Å². The van der Waals surface area contributed by atoms with Crippen LogP contribution in [0.5, 0.6) is 0 Å². The second-order valence-electron chi connectivity index (χ2n) is 4.64. The van der Waals surface area contributed by atoms with E-state index in [1.54, 1.807) is 0 Å². The van der Waals surface area contributed by atoms with Crippen LogP contribution in [0.25, 0.3) is 0 Å². The molecule has 0 aromatic heterocycles. The van der Waals surface area contributed by atoms with Crippen LogP contribution >= 0.6 is 0 Å². The number of halogens is 3. The van der Waals surface area contributed by atoms with Crippen molar-refractivity contribution in [3.8, 4) is 0 Å². The number of alkyl halides is 3. The molecule has 1 saturated heterocycles.